The van der Waals surface area contributed by atoms with Gasteiger partial charge in [0.05, 0.1) is 25.2 Å². The Balaban J connectivity index is 1.42. The highest BCUT2D eigenvalue weighted by Crippen LogP contribution is 2.34. The van der Waals surface area contributed by atoms with E-state index in [1.165, 1.54) is 12.1 Å². The molecule has 1 aromatic heterocycles. The number of hydrogen-bond acceptors (Lipinski definition) is 6. The van der Waals surface area contributed by atoms with Gasteiger partial charge in [-0.05, 0) is 79.6 Å². The molecule has 0 saturated carbocycles. The van der Waals surface area contributed by atoms with Crippen molar-refractivity contribution in [3.63, 3.8) is 0 Å². The number of piperidine rings is 1. The molecule has 1 aliphatic rings. The van der Waals surface area contributed by atoms with E-state index in [9.17, 15) is 23.9 Å². The first kappa shape index (κ1) is 27.5. The van der Waals surface area contributed by atoms with Crippen molar-refractivity contribution in [2.24, 2.45) is 11.8 Å². The minimum Gasteiger partial charge on any atom is -0.497 e. The molecule has 3 N–H and O–H groups in total. The number of aromatic nitrogens is 1. The molecule has 2 aromatic carbocycles. The van der Waals surface area contributed by atoms with E-state index < -0.39 is 17.6 Å². The maximum Gasteiger partial charge on any atom is 0.303 e. The van der Waals surface area contributed by atoms with Crippen LogP contribution < -0.4 is 10.2 Å². The van der Waals surface area contributed by atoms with Crippen molar-refractivity contribution in [2.75, 3.05) is 26.7 Å². The van der Waals surface area contributed by atoms with Crippen LogP contribution in [0.2, 0.25) is 0 Å². The number of fused-ring (bicyclic) bond motifs is 1. The molecule has 1 aliphatic heterocycles. The molecule has 0 aliphatic carbocycles. The average molecular weight is 524 g/mol. The average Bonchev–Trinajstić information content (AvgIpc) is 2.89. The number of ether oxygens (including phenoxy) is 1. The van der Waals surface area contributed by atoms with E-state index in [4.69, 9.17) is 4.74 Å². The van der Waals surface area contributed by atoms with Crippen LogP contribution in [-0.2, 0) is 4.79 Å². The molecule has 200 valence electrons. The fourth-order valence-corrected chi connectivity index (χ4v) is 5.26. The van der Waals surface area contributed by atoms with Crippen molar-refractivity contribution in [2.45, 2.75) is 31.7 Å². The third kappa shape index (κ3) is 7.04. The standard InChI is InChI=1S/C29H31F2N3O4/c1-38-24-5-7-27-26(17-24)25(8-10-32-27)28(33-37)6-4-20-9-12-34(18-21(20)15-29(35)36)11-2-3-19-13-22(30)16-23(31)14-19/h5,7-8,10,13-14,16-17,20-21,28,33,37H,4,6,9,11-12,15,18H2,1H3,(H,35,36)/t20-,21+,28?/m1/s1. The highest BCUT2D eigenvalue weighted by molar-refractivity contribution is 5.84. The minimum absolute atomic E-state index is 0.0380. The molecular weight excluding hydrogens is 492 g/mol. The first-order chi connectivity index (χ1) is 18.4. The zero-order valence-corrected chi connectivity index (χ0v) is 21.2. The third-order valence-electron chi connectivity index (χ3n) is 7.15. The fraction of sp³-hybridized carbons (Fsp3) is 0.379. The number of methoxy groups -OCH3 is 1. The van der Waals surface area contributed by atoms with Gasteiger partial charge in [0, 0.05) is 36.2 Å². The number of carbonyl (C=O) groups is 1. The van der Waals surface area contributed by atoms with Crippen LogP contribution >= 0.6 is 0 Å². The highest BCUT2D eigenvalue weighted by Gasteiger charge is 2.31. The minimum atomic E-state index is -0.854. The number of benzene rings is 2. The van der Waals surface area contributed by atoms with Gasteiger partial charge >= 0.3 is 5.97 Å². The molecule has 1 unspecified atom stereocenters. The van der Waals surface area contributed by atoms with Gasteiger partial charge in [0.15, 0.2) is 0 Å². The molecule has 9 heteroatoms. The first-order valence-corrected chi connectivity index (χ1v) is 12.6. The van der Waals surface area contributed by atoms with Crippen LogP contribution in [0, 0.1) is 35.3 Å². The number of rotatable bonds is 9. The van der Waals surface area contributed by atoms with Gasteiger partial charge in [-0.1, -0.05) is 11.8 Å². The number of aliphatic carboxylic acids is 1. The summed E-state index contributed by atoms with van der Waals surface area (Å²) in [5, 5.41) is 20.4. The number of nitrogens with one attached hydrogen (secondary N) is 1. The summed E-state index contributed by atoms with van der Waals surface area (Å²) in [6.45, 7) is 1.68. The zero-order valence-electron chi connectivity index (χ0n) is 21.2. The summed E-state index contributed by atoms with van der Waals surface area (Å²) in [6.07, 6.45) is 3.87. The Morgan fingerprint density at radius 2 is 2.00 bits per heavy atom. The largest absolute Gasteiger partial charge is 0.497 e. The predicted molar refractivity (Wildman–Crippen MR) is 139 cm³/mol. The monoisotopic (exact) mass is 523 g/mol. The second-order valence-corrected chi connectivity index (χ2v) is 9.64. The van der Waals surface area contributed by atoms with Gasteiger partial charge in [-0.3, -0.25) is 14.7 Å². The van der Waals surface area contributed by atoms with Crippen LogP contribution in [0.1, 0.15) is 42.9 Å². The van der Waals surface area contributed by atoms with Crippen molar-refractivity contribution in [3.05, 3.63) is 71.4 Å². The summed E-state index contributed by atoms with van der Waals surface area (Å²) in [4.78, 5) is 18.1. The van der Waals surface area contributed by atoms with E-state index in [1.54, 1.807) is 13.3 Å². The molecule has 1 saturated heterocycles. The number of pyridine rings is 1. The van der Waals surface area contributed by atoms with E-state index in [1.807, 2.05) is 24.3 Å². The van der Waals surface area contributed by atoms with Crippen molar-refractivity contribution in [3.8, 4) is 17.6 Å². The van der Waals surface area contributed by atoms with Crippen molar-refractivity contribution >= 4 is 16.9 Å². The van der Waals surface area contributed by atoms with Gasteiger partial charge in [0.1, 0.15) is 17.4 Å². The summed E-state index contributed by atoms with van der Waals surface area (Å²) in [5.41, 5.74) is 4.39. The molecule has 4 rings (SSSR count). The van der Waals surface area contributed by atoms with Crippen LogP contribution in [0.4, 0.5) is 8.78 Å². The first-order valence-electron chi connectivity index (χ1n) is 12.6. The molecule has 7 nitrogen and oxygen atoms in total. The third-order valence-corrected chi connectivity index (χ3v) is 7.15. The number of hydrogen-bond donors (Lipinski definition) is 3. The molecule has 0 spiro atoms. The molecule has 0 bridgehead atoms. The summed E-state index contributed by atoms with van der Waals surface area (Å²) >= 11 is 0. The number of nitrogens with zero attached hydrogens (tertiary/aromatic N) is 2. The van der Waals surface area contributed by atoms with E-state index >= 15 is 0 Å². The molecular formula is C29H31F2N3O4. The lowest BCUT2D eigenvalue weighted by atomic mass is 9.79. The summed E-state index contributed by atoms with van der Waals surface area (Å²) in [7, 11) is 1.60. The molecule has 0 amide bonds. The van der Waals surface area contributed by atoms with Crippen LogP contribution in [0.3, 0.4) is 0 Å². The second kappa shape index (κ2) is 12.8. The maximum absolute atomic E-state index is 13.4. The molecule has 38 heavy (non-hydrogen) atoms. The van der Waals surface area contributed by atoms with Crippen molar-refractivity contribution in [1.29, 1.82) is 0 Å². The quantitative estimate of drug-likeness (QED) is 0.274. The van der Waals surface area contributed by atoms with Gasteiger partial charge in [0.25, 0.3) is 0 Å². The van der Waals surface area contributed by atoms with Gasteiger partial charge in [-0.15, -0.1) is 0 Å². The Morgan fingerprint density at radius 3 is 2.71 bits per heavy atom. The van der Waals surface area contributed by atoms with Crippen molar-refractivity contribution < 1.29 is 28.6 Å². The number of hydroxylamine groups is 1. The number of halogens is 2. The molecule has 2 heterocycles. The van der Waals surface area contributed by atoms with E-state index in [0.717, 1.165) is 41.9 Å². The van der Waals surface area contributed by atoms with Crippen LogP contribution in [-0.4, -0.2) is 52.9 Å². The van der Waals surface area contributed by atoms with E-state index in [0.29, 0.717) is 25.3 Å². The summed E-state index contributed by atoms with van der Waals surface area (Å²) in [6, 6.07) is 10.3. The van der Waals surface area contributed by atoms with Crippen LogP contribution in [0.5, 0.6) is 5.75 Å². The molecule has 3 atom stereocenters. The van der Waals surface area contributed by atoms with E-state index in [2.05, 4.69) is 27.2 Å². The Hall–Kier alpha value is -3.58. The fourth-order valence-electron chi connectivity index (χ4n) is 5.26. The second-order valence-electron chi connectivity index (χ2n) is 9.64. The smallest absolute Gasteiger partial charge is 0.303 e. The Labute approximate surface area is 220 Å². The van der Waals surface area contributed by atoms with Crippen LogP contribution in [0.15, 0.2) is 48.7 Å². The lowest BCUT2D eigenvalue weighted by Gasteiger charge is -2.38. The van der Waals surface area contributed by atoms with Crippen LogP contribution in [0.25, 0.3) is 10.9 Å². The van der Waals surface area contributed by atoms with E-state index in [-0.39, 0.29) is 29.9 Å². The Morgan fingerprint density at radius 1 is 1.21 bits per heavy atom. The van der Waals surface area contributed by atoms with Gasteiger partial charge < -0.3 is 15.1 Å². The normalized spacial score (nSPS) is 18.5. The maximum atomic E-state index is 13.4. The Bertz CT molecular complexity index is 1320. The van der Waals surface area contributed by atoms with Crippen molar-refractivity contribution in [1.82, 2.24) is 15.4 Å². The molecule has 0 radical (unpaired) electrons. The predicted octanol–water partition coefficient (Wildman–Crippen LogP) is 4.79. The lowest BCUT2D eigenvalue weighted by Crippen LogP contribution is -2.41. The van der Waals surface area contributed by atoms with Gasteiger partial charge in [0.2, 0.25) is 0 Å². The number of carboxylic acids is 1. The highest BCUT2D eigenvalue weighted by atomic mass is 19.1. The molecule has 3 aromatic rings. The number of likely N-dealkylation sites (tertiary alicyclic amines) is 1. The van der Waals surface area contributed by atoms with Gasteiger partial charge in [-0.2, -0.15) is 5.48 Å². The lowest BCUT2D eigenvalue weighted by molar-refractivity contribution is -0.139. The summed E-state index contributed by atoms with van der Waals surface area (Å²) < 4.78 is 32.2. The van der Waals surface area contributed by atoms with Gasteiger partial charge in [-0.25, -0.2) is 8.78 Å². The summed E-state index contributed by atoms with van der Waals surface area (Å²) in [5.74, 6) is 4.32. The molecule has 1 fully saturated rings. The number of carboxylic acid groups (broad SMARTS) is 1. The topological polar surface area (TPSA) is 94.9 Å². The Kier molecular flexibility index (Phi) is 9.24. The zero-order chi connectivity index (χ0) is 27.1. The SMILES string of the molecule is COc1ccc2nccc(C(CC[C@@H]3CCN(CC#Cc4cc(F)cc(F)c4)C[C@@H]3CC(=O)O)NO)c2c1.